The van der Waals surface area contributed by atoms with Gasteiger partial charge in [0.15, 0.2) is 0 Å². The number of likely N-dealkylation sites (tertiary alicyclic amines) is 1. The number of methoxy groups -OCH3 is 1. The van der Waals surface area contributed by atoms with Crippen molar-refractivity contribution in [2.45, 2.75) is 37.8 Å². The summed E-state index contributed by atoms with van der Waals surface area (Å²) in [5.74, 6) is 3.44. The monoisotopic (exact) mass is 402 g/mol. The molecule has 1 unspecified atom stereocenters. The topological polar surface area (TPSA) is 50.3 Å². The van der Waals surface area contributed by atoms with Crippen LogP contribution in [0.15, 0.2) is 34.9 Å². The molecule has 5 nitrogen and oxygen atoms in total. The van der Waals surface area contributed by atoms with Crippen molar-refractivity contribution in [2.75, 3.05) is 25.5 Å². The summed E-state index contributed by atoms with van der Waals surface area (Å²) >= 11 is 3.57. The number of nitrogens with one attached hydrogen (secondary N) is 1. The Kier molecular flexibility index (Phi) is 4.90. The number of nitrogens with zero attached hydrogens (tertiary/aromatic N) is 3. The third kappa shape index (κ3) is 4.12. The van der Waals surface area contributed by atoms with Crippen molar-refractivity contribution in [1.29, 1.82) is 0 Å². The van der Waals surface area contributed by atoms with Crippen LogP contribution in [-0.4, -0.2) is 41.1 Å². The fourth-order valence-electron chi connectivity index (χ4n) is 3.36. The van der Waals surface area contributed by atoms with Gasteiger partial charge in [0.2, 0.25) is 0 Å². The lowest BCUT2D eigenvalue weighted by Crippen LogP contribution is -2.26. The number of hydrogen-bond donors (Lipinski definition) is 1. The summed E-state index contributed by atoms with van der Waals surface area (Å²) in [6, 6.07) is 8.73. The van der Waals surface area contributed by atoms with Gasteiger partial charge in [0.25, 0.3) is 0 Å². The van der Waals surface area contributed by atoms with Gasteiger partial charge in [0.05, 0.1) is 11.6 Å². The highest BCUT2D eigenvalue weighted by atomic mass is 79.9. The number of ether oxygens (including phenoxy) is 1. The summed E-state index contributed by atoms with van der Waals surface area (Å²) in [7, 11) is 1.69. The zero-order valence-corrected chi connectivity index (χ0v) is 16.0. The van der Waals surface area contributed by atoms with Gasteiger partial charge in [-0.1, -0.05) is 6.07 Å². The number of halogens is 1. The van der Waals surface area contributed by atoms with E-state index in [0.717, 1.165) is 47.9 Å². The first-order valence-electron chi connectivity index (χ1n) is 8.85. The predicted molar refractivity (Wildman–Crippen MR) is 102 cm³/mol. The van der Waals surface area contributed by atoms with E-state index in [1.807, 2.05) is 18.3 Å². The molecule has 1 aromatic carbocycles. The number of benzene rings is 1. The first-order chi connectivity index (χ1) is 12.2. The standard InChI is InChI=1S/C19H23BrN4O/c1-25-17-5-2-13(10-16(17)20)11-24-9-7-15(12-24)22-18-6-8-21-19(23-18)14-3-4-14/h2,5-6,8,10,14-15H,3-4,7,9,11-12H2,1H3,(H,21,22,23). The van der Waals surface area contributed by atoms with Gasteiger partial charge in [0, 0.05) is 37.8 Å². The molecule has 2 heterocycles. The molecule has 0 amide bonds. The number of rotatable bonds is 6. The Morgan fingerprint density at radius 1 is 1.28 bits per heavy atom. The fraction of sp³-hybridized carbons (Fsp3) is 0.474. The van der Waals surface area contributed by atoms with Gasteiger partial charge in [0.1, 0.15) is 17.4 Å². The summed E-state index contributed by atoms with van der Waals surface area (Å²) in [4.78, 5) is 11.6. The van der Waals surface area contributed by atoms with E-state index in [9.17, 15) is 0 Å². The molecule has 1 saturated carbocycles. The van der Waals surface area contributed by atoms with Crippen LogP contribution in [0.2, 0.25) is 0 Å². The first-order valence-corrected chi connectivity index (χ1v) is 9.65. The van der Waals surface area contributed by atoms with Crippen LogP contribution in [0.1, 0.15) is 36.6 Å². The van der Waals surface area contributed by atoms with E-state index in [-0.39, 0.29) is 0 Å². The maximum Gasteiger partial charge on any atom is 0.133 e. The molecular formula is C19H23BrN4O. The Bertz CT molecular complexity index is 750. The van der Waals surface area contributed by atoms with E-state index in [1.54, 1.807) is 7.11 Å². The second-order valence-corrected chi connectivity index (χ2v) is 7.76. The van der Waals surface area contributed by atoms with Crippen LogP contribution in [-0.2, 0) is 6.54 Å². The largest absolute Gasteiger partial charge is 0.496 e. The smallest absolute Gasteiger partial charge is 0.133 e. The number of anilines is 1. The van der Waals surface area contributed by atoms with Gasteiger partial charge in [-0.25, -0.2) is 9.97 Å². The second kappa shape index (κ2) is 7.30. The first kappa shape index (κ1) is 16.8. The van der Waals surface area contributed by atoms with Crippen LogP contribution in [0.3, 0.4) is 0 Å². The highest BCUT2D eigenvalue weighted by molar-refractivity contribution is 9.10. The predicted octanol–water partition coefficient (Wildman–Crippen LogP) is 3.81. The SMILES string of the molecule is COc1ccc(CN2CCC(Nc3ccnc(C4CC4)n3)C2)cc1Br. The number of hydrogen-bond acceptors (Lipinski definition) is 5. The molecule has 1 atom stereocenters. The Balaban J connectivity index is 1.33. The molecule has 0 radical (unpaired) electrons. The van der Waals surface area contributed by atoms with Crippen LogP contribution in [0, 0.1) is 0 Å². The van der Waals surface area contributed by atoms with Gasteiger partial charge in [-0.15, -0.1) is 0 Å². The molecule has 1 aliphatic heterocycles. The molecule has 2 aromatic rings. The van der Waals surface area contributed by atoms with Crippen molar-refractivity contribution >= 4 is 21.7 Å². The fourth-order valence-corrected chi connectivity index (χ4v) is 3.95. The third-order valence-corrected chi connectivity index (χ3v) is 5.48. The maximum absolute atomic E-state index is 5.30. The Hall–Kier alpha value is -1.66. The van der Waals surface area contributed by atoms with Crippen molar-refractivity contribution in [3.63, 3.8) is 0 Å². The average molecular weight is 403 g/mol. The Morgan fingerprint density at radius 2 is 2.16 bits per heavy atom. The molecule has 4 rings (SSSR count). The lowest BCUT2D eigenvalue weighted by molar-refractivity contribution is 0.328. The highest BCUT2D eigenvalue weighted by Crippen LogP contribution is 2.38. The van der Waals surface area contributed by atoms with E-state index in [2.05, 4.69) is 48.2 Å². The van der Waals surface area contributed by atoms with Crippen LogP contribution < -0.4 is 10.1 Å². The molecule has 6 heteroatoms. The molecule has 1 N–H and O–H groups in total. The summed E-state index contributed by atoms with van der Waals surface area (Å²) in [5.41, 5.74) is 1.30. The second-order valence-electron chi connectivity index (χ2n) is 6.91. The Morgan fingerprint density at radius 3 is 2.92 bits per heavy atom. The van der Waals surface area contributed by atoms with Crippen molar-refractivity contribution < 1.29 is 4.74 Å². The average Bonchev–Trinajstić information content (AvgIpc) is 3.38. The minimum absolute atomic E-state index is 0.448. The van der Waals surface area contributed by atoms with Crippen molar-refractivity contribution in [3.05, 3.63) is 46.3 Å². The van der Waals surface area contributed by atoms with Crippen molar-refractivity contribution in [3.8, 4) is 5.75 Å². The molecule has 1 aliphatic carbocycles. The van der Waals surface area contributed by atoms with E-state index in [0.29, 0.717) is 12.0 Å². The summed E-state index contributed by atoms with van der Waals surface area (Å²) < 4.78 is 6.31. The van der Waals surface area contributed by atoms with Crippen LogP contribution in [0.4, 0.5) is 5.82 Å². The van der Waals surface area contributed by atoms with Gasteiger partial charge in [-0.2, -0.15) is 0 Å². The van der Waals surface area contributed by atoms with Crippen LogP contribution >= 0.6 is 15.9 Å². The quantitative estimate of drug-likeness (QED) is 0.795. The van der Waals surface area contributed by atoms with E-state index in [1.165, 1.54) is 18.4 Å². The van der Waals surface area contributed by atoms with E-state index >= 15 is 0 Å². The summed E-state index contributed by atoms with van der Waals surface area (Å²) in [6.45, 7) is 3.09. The van der Waals surface area contributed by atoms with E-state index < -0.39 is 0 Å². The van der Waals surface area contributed by atoms with Crippen molar-refractivity contribution in [1.82, 2.24) is 14.9 Å². The molecule has 132 valence electrons. The molecule has 0 spiro atoms. The molecule has 0 bridgehead atoms. The van der Waals surface area contributed by atoms with Crippen LogP contribution in [0.25, 0.3) is 0 Å². The minimum Gasteiger partial charge on any atom is -0.496 e. The van der Waals surface area contributed by atoms with E-state index in [4.69, 9.17) is 4.74 Å². The zero-order valence-electron chi connectivity index (χ0n) is 14.4. The summed E-state index contributed by atoms with van der Waals surface area (Å²) in [6.07, 6.45) is 5.49. The van der Waals surface area contributed by atoms with Crippen LogP contribution in [0.5, 0.6) is 5.75 Å². The van der Waals surface area contributed by atoms with Gasteiger partial charge in [-0.3, -0.25) is 4.90 Å². The lowest BCUT2D eigenvalue weighted by atomic mass is 10.2. The maximum atomic E-state index is 5.30. The number of aromatic nitrogens is 2. The van der Waals surface area contributed by atoms with Crippen molar-refractivity contribution in [2.24, 2.45) is 0 Å². The van der Waals surface area contributed by atoms with Gasteiger partial charge in [-0.05, 0) is 59.0 Å². The third-order valence-electron chi connectivity index (χ3n) is 4.86. The molecule has 2 fully saturated rings. The summed E-state index contributed by atoms with van der Waals surface area (Å²) in [5, 5.41) is 3.59. The molecule has 1 aromatic heterocycles. The van der Waals surface area contributed by atoms with Gasteiger partial charge < -0.3 is 10.1 Å². The Labute approximate surface area is 156 Å². The normalized spacial score (nSPS) is 20.6. The lowest BCUT2D eigenvalue weighted by Gasteiger charge is -2.18. The molecule has 2 aliphatic rings. The zero-order chi connectivity index (χ0) is 17.2. The molecule has 25 heavy (non-hydrogen) atoms. The molecule has 1 saturated heterocycles. The van der Waals surface area contributed by atoms with Gasteiger partial charge >= 0.3 is 0 Å². The molecular weight excluding hydrogens is 380 g/mol. The minimum atomic E-state index is 0.448. The highest BCUT2D eigenvalue weighted by Gasteiger charge is 2.27.